The third kappa shape index (κ3) is 5.01. The molecule has 0 aliphatic heterocycles. The van der Waals surface area contributed by atoms with Crippen molar-refractivity contribution in [1.82, 2.24) is 5.32 Å². The van der Waals surface area contributed by atoms with E-state index in [2.05, 4.69) is 30.3 Å². The Morgan fingerprint density at radius 3 is 2.80 bits per heavy atom. The molecule has 1 rings (SSSR count). The van der Waals surface area contributed by atoms with Gasteiger partial charge >= 0.3 is 0 Å². The summed E-state index contributed by atoms with van der Waals surface area (Å²) in [4.78, 5) is 2.91. The van der Waals surface area contributed by atoms with Gasteiger partial charge < -0.3 is 5.32 Å². The van der Waals surface area contributed by atoms with Crippen LogP contribution >= 0.6 is 11.3 Å². The summed E-state index contributed by atoms with van der Waals surface area (Å²) in [5, 5.41) is 3.44. The lowest BCUT2D eigenvalue weighted by atomic mass is 10.2. The van der Waals surface area contributed by atoms with E-state index in [4.69, 9.17) is 6.42 Å². The summed E-state index contributed by atoms with van der Waals surface area (Å²) in [6.07, 6.45) is 9.54. The quantitative estimate of drug-likeness (QED) is 0.551. The molecule has 1 aromatic rings. The predicted molar refractivity (Wildman–Crippen MR) is 68.1 cm³/mol. The molecule has 0 bridgehead atoms. The van der Waals surface area contributed by atoms with Crippen molar-refractivity contribution in [2.45, 2.75) is 39.2 Å². The molecule has 0 amide bonds. The normalized spacial score (nSPS) is 10.1. The predicted octanol–water partition coefficient (Wildman–Crippen LogP) is 3.20. The highest BCUT2D eigenvalue weighted by molar-refractivity contribution is 7.11. The molecular weight excluding hydrogens is 202 g/mol. The van der Waals surface area contributed by atoms with Crippen molar-refractivity contribution in [3.05, 3.63) is 21.9 Å². The third-order valence-electron chi connectivity index (χ3n) is 2.29. The smallest absolute Gasteiger partial charge is 0.0299 e. The summed E-state index contributed by atoms with van der Waals surface area (Å²) in [6.45, 7) is 4.27. The van der Waals surface area contributed by atoms with Crippen LogP contribution in [0.2, 0.25) is 0 Å². The van der Waals surface area contributed by atoms with Crippen molar-refractivity contribution >= 4 is 11.3 Å². The van der Waals surface area contributed by atoms with E-state index in [1.165, 1.54) is 16.2 Å². The van der Waals surface area contributed by atoms with Gasteiger partial charge in [0.25, 0.3) is 0 Å². The van der Waals surface area contributed by atoms with E-state index < -0.39 is 0 Å². The second-order valence-corrected chi connectivity index (χ2v) is 4.81. The molecule has 1 nitrogen and oxygen atoms in total. The zero-order valence-electron chi connectivity index (χ0n) is 9.38. The Morgan fingerprint density at radius 2 is 2.13 bits per heavy atom. The van der Waals surface area contributed by atoms with Crippen LogP contribution in [0.3, 0.4) is 0 Å². The zero-order valence-corrected chi connectivity index (χ0v) is 10.2. The summed E-state index contributed by atoms with van der Waals surface area (Å²) in [5.74, 6) is 2.66. The van der Waals surface area contributed by atoms with Gasteiger partial charge in [0.15, 0.2) is 0 Å². The lowest BCUT2D eigenvalue weighted by Gasteiger charge is -2.01. The van der Waals surface area contributed by atoms with Crippen LogP contribution in [0.5, 0.6) is 0 Å². The standard InChI is InChI=1S/C13H19NS/c1-3-5-6-7-10-14-11-13-9-8-12(4-2)15-13/h1,8-9,14H,4-7,10-11H2,2H3. The molecule has 2 heteroatoms. The molecule has 0 saturated carbocycles. The second-order valence-electron chi connectivity index (χ2n) is 3.56. The van der Waals surface area contributed by atoms with E-state index in [0.29, 0.717) is 0 Å². The van der Waals surface area contributed by atoms with Crippen LogP contribution in [0.25, 0.3) is 0 Å². The van der Waals surface area contributed by atoms with Crippen LogP contribution in [0.15, 0.2) is 12.1 Å². The van der Waals surface area contributed by atoms with Crippen molar-refractivity contribution in [2.75, 3.05) is 6.54 Å². The molecule has 1 aromatic heterocycles. The van der Waals surface area contributed by atoms with Gasteiger partial charge in [0.1, 0.15) is 0 Å². The van der Waals surface area contributed by atoms with Crippen LogP contribution in [0, 0.1) is 12.3 Å². The van der Waals surface area contributed by atoms with Crippen molar-refractivity contribution in [3.63, 3.8) is 0 Å². The SMILES string of the molecule is C#CCCCCNCc1ccc(CC)s1. The highest BCUT2D eigenvalue weighted by Crippen LogP contribution is 2.16. The first-order valence-electron chi connectivity index (χ1n) is 5.58. The number of hydrogen-bond acceptors (Lipinski definition) is 2. The van der Waals surface area contributed by atoms with E-state index in [1.807, 2.05) is 11.3 Å². The number of nitrogens with one attached hydrogen (secondary N) is 1. The molecule has 0 unspecified atom stereocenters. The summed E-state index contributed by atoms with van der Waals surface area (Å²) in [7, 11) is 0. The molecule has 0 aliphatic carbocycles. The minimum atomic E-state index is 0.903. The molecule has 0 saturated heterocycles. The van der Waals surface area contributed by atoms with E-state index in [9.17, 15) is 0 Å². The molecule has 0 aromatic carbocycles. The summed E-state index contributed by atoms with van der Waals surface area (Å²) in [5.41, 5.74) is 0. The number of thiophene rings is 1. The molecule has 0 radical (unpaired) electrons. The molecular formula is C13H19NS. The van der Waals surface area contributed by atoms with Crippen LogP contribution in [-0.4, -0.2) is 6.54 Å². The van der Waals surface area contributed by atoms with E-state index in [0.717, 1.165) is 32.4 Å². The van der Waals surface area contributed by atoms with Gasteiger partial charge in [-0.15, -0.1) is 23.7 Å². The molecule has 0 spiro atoms. The van der Waals surface area contributed by atoms with Crippen LogP contribution in [0.1, 0.15) is 35.9 Å². The minimum Gasteiger partial charge on any atom is -0.312 e. The van der Waals surface area contributed by atoms with Crippen molar-refractivity contribution in [3.8, 4) is 12.3 Å². The first-order chi connectivity index (χ1) is 7.36. The Morgan fingerprint density at radius 1 is 1.33 bits per heavy atom. The van der Waals surface area contributed by atoms with Gasteiger partial charge in [-0.25, -0.2) is 0 Å². The number of terminal acetylenes is 1. The summed E-state index contributed by atoms with van der Waals surface area (Å²) >= 11 is 1.91. The average molecular weight is 221 g/mol. The number of unbranched alkanes of at least 4 members (excludes halogenated alkanes) is 2. The molecule has 1 N–H and O–H groups in total. The Labute approximate surface area is 96.9 Å². The van der Waals surface area contributed by atoms with Crippen molar-refractivity contribution in [2.24, 2.45) is 0 Å². The monoisotopic (exact) mass is 221 g/mol. The zero-order chi connectivity index (χ0) is 10.9. The molecule has 0 atom stereocenters. The fourth-order valence-corrected chi connectivity index (χ4v) is 2.32. The van der Waals surface area contributed by atoms with Gasteiger partial charge in [-0.05, 0) is 37.9 Å². The molecule has 1 heterocycles. The van der Waals surface area contributed by atoms with Gasteiger partial charge in [-0.2, -0.15) is 0 Å². The van der Waals surface area contributed by atoms with Gasteiger partial charge in [0.2, 0.25) is 0 Å². The Balaban J connectivity index is 2.07. The van der Waals surface area contributed by atoms with E-state index in [1.54, 1.807) is 0 Å². The molecule has 15 heavy (non-hydrogen) atoms. The lowest BCUT2D eigenvalue weighted by Crippen LogP contribution is -2.13. The van der Waals surface area contributed by atoms with Crippen LogP contribution in [0.4, 0.5) is 0 Å². The highest BCUT2D eigenvalue weighted by atomic mass is 32.1. The Hall–Kier alpha value is -0.780. The number of hydrogen-bond donors (Lipinski definition) is 1. The summed E-state index contributed by atoms with van der Waals surface area (Å²) < 4.78 is 0. The molecule has 82 valence electrons. The maximum absolute atomic E-state index is 5.18. The second kappa shape index (κ2) is 7.50. The minimum absolute atomic E-state index is 0.903. The third-order valence-corrected chi connectivity index (χ3v) is 3.52. The fraction of sp³-hybridized carbons (Fsp3) is 0.538. The molecule has 0 aliphatic rings. The van der Waals surface area contributed by atoms with E-state index in [-0.39, 0.29) is 0 Å². The van der Waals surface area contributed by atoms with Gasteiger partial charge in [0.05, 0.1) is 0 Å². The van der Waals surface area contributed by atoms with Crippen LogP contribution in [-0.2, 0) is 13.0 Å². The first kappa shape index (κ1) is 12.3. The number of aryl methyl sites for hydroxylation is 1. The number of rotatable bonds is 7. The fourth-order valence-electron chi connectivity index (χ4n) is 1.40. The summed E-state index contributed by atoms with van der Waals surface area (Å²) in [6, 6.07) is 4.44. The van der Waals surface area contributed by atoms with Gasteiger partial charge in [-0.1, -0.05) is 6.92 Å². The first-order valence-corrected chi connectivity index (χ1v) is 6.40. The molecule has 0 fully saturated rings. The average Bonchev–Trinajstić information content (AvgIpc) is 2.71. The highest BCUT2D eigenvalue weighted by Gasteiger charge is 1.97. The van der Waals surface area contributed by atoms with Gasteiger partial charge in [0, 0.05) is 22.7 Å². The van der Waals surface area contributed by atoms with Crippen molar-refractivity contribution in [1.29, 1.82) is 0 Å². The van der Waals surface area contributed by atoms with Gasteiger partial charge in [-0.3, -0.25) is 0 Å². The lowest BCUT2D eigenvalue weighted by molar-refractivity contribution is 0.634. The Bertz CT molecular complexity index is 309. The topological polar surface area (TPSA) is 12.0 Å². The maximum atomic E-state index is 5.18. The van der Waals surface area contributed by atoms with Crippen LogP contribution < -0.4 is 5.32 Å². The Kier molecular flexibility index (Phi) is 6.15. The van der Waals surface area contributed by atoms with Crippen molar-refractivity contribution < 1.29 is 0 Å². The maximum Gasteiger partial charge on any atom is 0.0299 e. The van der Waals surface area contributed by atoms with E-state index >= 15 is 0 Å². The largest absolute Gasteiger partial charge is 0.312 e.